The van der Waals surface area contributed by atoms with Crippen molar-refractivity contribution in [2.45, 2.75) is 39.2 Å². The number of para-hydroxylation sites is 2. The van der Waals surface area contributed by atoms with Crippen LogP contribution in [0, 0.1) is 5.92 Å². The van der Waals surface area contributed by atoms with Gasteiger partial charge < -0.3 is 19.7 Å². The molecule has 7 nitrogen and oxygen atoms in total. The van der Waals surface area contributed by atoms with Gasteiger partial charge in [-0.15, -0.1) is 0 Å². The fraction of sp³-hybridized carbons (Fsp3) is 0.526. The zero-order chi connectivity index (χ0) is 19.1. The maximum Gasteiger partial charge on any atom is 0.311 e. The summed E-state index contributed by atoms with van der Waals surface area (Å²) in [5, 5.41) is 2.81. The van der Waals surface area contributed by atoms with Crippen molar-refractivity contribution in [3.63, 3.8) is 0 Å². The Balaban J connectivity index is 1.91. The summed E-state index contributed by atoms with van der Waals surface area (Å²) in [4.78, 5) is 37.9. The van der Waals surface area contributed by atoms with Crippen LogP contribution in [0.15, 0.2) is 24.3 Å². The number of ether oxygens (including phenoxy) is 2. The molecule has 0 unspecified atom stereocenters. The van der Waals surface area contributed by atoms with Crippen molar-refractivity contribution in [3.05, 3.63) is 24.3 Å². The van der Waals surface area contributed by atoms with E-state index >= 15 is 0 Å². The van der Waals surface area contributed by atoms with Gasteiger partial charge in [-0.3, -0.25) is 14.4 Å². The maximum absolute atomic E-state index is 12.3. The average Bonchev–Trinajstić information content (AvgIpc) is 3.05. The summed E-state index contributed by atoms with van der Waals surface area (Å²) in [5.41, 5.74) is 0.627. The van der Waals surface area contributed by atoms with Crippen LogP contribution in [-0.4, -0.2) is 44.1 Å². The summed E-state index contributed by atoms with van der Waals surface area (Å²) in [5.74, 6) is -1.04. The van der Waals surface area contributed by atoms with Crippen molar-refractivity contribution >= 4 is 23.5 Å². The number of hydrogen-bond donors (Lipinski definition) is 1. The molecule has 1 atom stereocenters. The van der Waals surface area contributed by atoms with Crippen LogP contribution in [0.1, 0.15) is 33.1 Å². The van der Waals surface area contributed by atoms with E-state index in [2.05, 4.69) is 5.32 Å². The molecule has 2 rings (SSSR count). The van der Waals surface area contributed by atoms with E-state index in [-0.39, 0.29) is 37.4 Å². The van der Waals surface area contributed by atoms with Crippen LogP contribution >= 0.6 is 0 Å². The number of nitrogens with zero attached hydrogens (tertiary/aromatic N) is 1. The first-order chi connectivity index (χ1) is 12.5. The first-order valence-electron chi connectivity index (χ1n) is 8.89. The highest BCUT2D eigenvalue weighted by Gasteiger charge is 2.37. The Morgan fingerprint density at radius 2 is 1.96 bits per heavy atom. The monoisotopic (exact) mass is 362 g/mol. The van der Waals surface area contributed by atoms with E-state index < -0.39 is 11.9 Å². The molecule has 1 aromatic rings. The molecule has 1 fully saturated rings. The quantitative estimate of drug-likeness (QED) is 0.714. The largest absolute Gasteiger partial charge is 0.495 e. The highest BCUT2D eigenvalue weighted by Crippen LogP contribution is 2.33. The number of carbonyl (C=O) groups is 3. The van der Waals surface area contributed by atoms with Gasteiger partial charge in [0.05, 0.1) is 18.7 Å². The van der Waals surface area contributed by atoms with Crippen LogP contribution in [0.2, 0.25) is 0 Å². The second kappa shape index (κ2) is 9.22. The van der Waals surface area contributed by atoms with E-state index in [1.54, 1.807) is 18.2 Å². The number of rotatable bonds is 8. The molecule has 1 aromatic carbocycles. The number of methoxy groups -OCH3 is 1. The number of anilines is 1. The Hall–Kier alpha value is -2.57. The van der Waals surface area contributed by atoms with Crippen LogP contribution in [0.3, 0.4) is 0 Å². The van der Waals surface area contributed by atoms with Crippen LogP contribution in [0.4, 0.5) is 5.69 Å². The van der Waals surface area contributed by atoms with Gasteiger partial charge in [0.1, 0.15) is 5.75 Å². The molecular weight excluding hydrogens is 336 g/mol. The zero-order valence-electron chi connectivity index (χ0n) is 15.5. The van der Waals surface area contributed by atoms with E-state index in [1.165, 1.54) is 12.0 Å². The molecule has 0 spiro atoms. The smallest absolute Gasteiger partial charge is 0.311 e. The standard InChI is InChI=1S/C19H26N2O5/c1-4-14(5-2)20-17(22)12-26-19(24)13-10-18(23)21(11-13)15-8-6-7-9-16(15)25-3/h6-9,13-14H,4-5,10-12H2,1-3H3,(H,20,22)/t13-/m1/s1. The topological polar surface area (TPSA) is 84.9 Å². The number of esters is 1. The molecule has 1 heterocycles. The van der Waals surface area contributed by atoms with E-state index in [4.69, 9.17) is 9.47 Å². The highest BCUT2D eigenvalue weighted by molar-refractivity contribution is 6.00. The van der Waals surface area contributed by atoms with E-state index in [0.29, 0.717) is 11.4 Å². The Labute approximate surface area is 153 Å². The van der Waals surface area contributed by atoms with E-state index in [1.807, 2.05) is 19.9 Å². The Bertz CT molecular complexity index is 657. The summed E-state index contributed by atoms with van der Waals surface area (Å²) in [6, 6.07) is 7.23. The molecule has 0 saturated carbocycles. The summed E-state index contributed by atoms with van der Waals surface area (Å²) >= 11 is 0. The molecule has 26 heavy (non-hydrogen) atoms. The van der Waals surface area contributed by atoms with Gasteiger partial charge in [0, 0.05) is 19.0 Å². The fourth-order valence-electron chi connectivity index (χ4n) is 2.97. The SMILES string of the molecule is CCC(CC)NC(=O)COC(=O)[C@@H]1CC(=O)N(c2ccccc2OC)C1. The Morgan fingerprint density at radius 3 is 2.62 bits per heavy atom. The number of amides is 2. The highest BCUT2D eigenvalue weighted by atomic mass is 16.5. The number of carbonyl (C=O) groups excluding carboxylic acids is 3. The lowest BCUT2D eigenvalue weighted by Gasteiger charge is -2.19. The molecule has 0 aromatic heterocycles. The van der Waals surface area contributed by atoms with Crippen molar-refractivity contribution in [1.82, 2.24) is 5.32 Å². The molecule has 0 radical (unpaired) electrons. The van der Waals surface area contributed by atoms with Crippen molar-refractivity contribution < 1.29 is 23.9 Å². The minimum atomic E-state index is -0.589. The summed E-state index contributed by atoms with van der Waals surface area (Å²) in [6.45, 7) is 3.86. The van der Waals surface area contributed by atoms with Gasteiger partial charge in [-0.2, -0.15) is 0 Å². The molecule has 1 aliphatic heterocycles. The molecular formula is C19H26N2O5. The third-order valence-electron chi connectivity index (χ3n) is 4.53. The van der Waals surface area contributed by atoms with Crippen LogP contribution in [-0.2, 0) is 19.1 Å². The third-order valence-corrected chi connectivity index (χ3v) is 4.53. The van der Waals surface area contributed by atoms with Crippen LogP contribution in [0.25, 0.3) is 0 Å². The van der Waals surface area contributed by atoms with Gasteiger partial charge in [0.2, 0.25) is 5.91 Å². The number of hydrogen-bond acceptors (Lipinski definition) is 5. The number of benzene rings is 1. The van der Waals surface area contributed by atoms with Gasteiger partial charge in [-0.05, 0) is 25.0 Å². The Morgan fingerprint density at radius 1 is 1.27 bits per heavy atom. The van der Waals surface area contributed by atoms with Crippen molar-refractivity contribution in [2.24, 2.45) is 5.92 Å². The normalized spacial score (nSPS) is 16.7. The molecule has 1 aliphatic rings. The maximum atomic E-state index is 12.3. The molecule has 2 amide bonds. The van der Waals surface area contributed by atoms with E-state index in [0.717, 1.165) is 12.8 Å². The minimum Gasteiger partial charge on any atom is -0.495 e. The van der Waals surface area contributed by atoms with Crippen LogP contribution < -0.4 is 15.0 Å². The predicted molar refractivity (Wildman–Crippen MR) is 96.9 cm³/mol. The van der Waals surface area contributed by atoms with Crippen molar-refractivity contribution in [3.8, 4) is 5.75 Å². The minimum absolute atomic E-state index is 0.0606. The lowest BCUT2D eigenvalue weighted by Crippen LogP contribution is -2.37. The first-order valence-corrected chi connectivity index (χ1v) is 8.89. The van der Waals surface area contributed by atoms with Gasteiger partial charge in [0.15, 0.2) is 6.61 Å². The van der Waals surface area contributed by atoms with Gasteiger partial charge in [-0.25, -0.2) is 0 Å². The lowest BCUT2D eigenvalue weighted by atomic mass is 10.1. The Kier molecular flexibility index (Phi) is 7.00. The lowest BCUT2D eigenvalue weighted by molar-refractivity contribution is -0.152. The van der Waals surface area contributed by atoms with E-state index in [9.17, 15) is 14.4 Å². The predicted octanol–water partition coefficient (Wildman–Crippen LogP) is 1.90. The third kappa shape index (κ3) is 4.74. The summed E-state index contributed by atoms with van der Waals surface area (Å²) in [7, 11) is 1.53. The molecule has 142 valence electrons. The zero-order valence-corrected chi connectivity index (χ0v) is 15.5. The van der Waals surface area contributed by atoms with Crippen molar-refractivity contribution in [2.75, 3.05) is 25.2 Å². The van der Waals surface area contributed by atoms with Gasteiger partial charge in [0.25, 0.3) is 5.91 Å². The van der Waals surface area contributed by atoms with Crippen LogP contribution in [0.5, 0.6) is 5.75 Å². The van der Waals surface area contributed by atoms with Gasteiger partial charge in [-0.1, -0.05) is 26.0 Å². The average molecular weight is 362 g/mol. The van der Waals surface area contributed by atoms with Crippen molar-refractivity contribution in [1.29, 1.82) is 0 Å². The van der Waals surface area contributed by atoms with Gasteiger partial charge >= 0.3 is 5.97 Å². The molecule has 1 saturated heterocycles. The molecule has 0 aliphatic carbocycles. The molecule has 1 N–H and O–H groups in total. The molecule has 7 heteroatoms. The fourth-order valence-corrected chi connectivity index (χ4v) is 2.97. The number of nitrogens with one attached hydrogen (secondary N) is 1. The summed E-state index contributed by atoms with van der Waals surface area (Å²) < 4.78 is 10.4. The molecule has 0 bridgehead atoms. The first kappa shape index (κ1) is 19.8. The summed E-state index contributed by atoms with van der Waals surface area (Å²) in [6.07, 6.45) is 1.70. The second-order valence-electron chi connectivity index (χ2n) is 6.27. The second-order valence-corrected chi connectivity index (χ2v) is 6.27.